The average Bonchev–Trinajstić information content (AvgIpc) is 2.62. The topological polar surface area (TPSA) is 91.4 Å². The van der Waals surface area contributed by atoms with Gasteiger partial charge in [0.05, 0.1) is 10.6 Å². The monoisotopic (exact) mass is 360 g/mol. The molecule has 25 heavy (non-hydrogen) atoms. The minimum Gasteiger partial charge on any atom is -0.333 e. The van der Waals surface area contributed by atoms with Crippen LogP contribution in [0.2, 0.25) is 0 Å². The van der Waals surface area contributed by atoms with Gasteiger partial charge in [0.1, 0.15) is 0 Å². The van der Waals surface area contributed by atoms with Gasteiger partial charge in [-0.15, -0.1) is 0 Å². The molecule has 0 bridgehead atoms. The van der Waals surface area contributed by atoms with E-state index in [-0.39, 0.29) is 16.8 Å². The smallest absolute Gasteiger partial charge is 0.261 e. The van der Waals surface area contributed by atoms with Crippen molar-refractivity contribution in [3.63, 3.8) is 0 Å². The molecule has 1 amide bonds. The molecule has 0 spiro atoms. The lowest BCUT2D eigenvalue weighted by atomic mass is 10.1. The molecular weight excluding hydrogens is 340 g/mol. The highest BCUT2D eigenvalue weighted by molar-refractivity contribution is 7.92. The van der Waals surface area contributed by atoms with Crippen LogP contribution in [0, 0.1) is 0 Å². The highest BCUT2D eigenvalue weighted by Crippen LogP contribution is 2.17. The van der Waals surface area contributed by atoms with Crippen LogP contribution in [-0.4, -0.2) is 49.9 Å². The lowest BCUT2D eigenvalue weighted by molar-refractivity contribution is 0.0655. The van der Waals surface area contributed by atoms with Gasteiger partial charge >= 0.3 is 0 Å². The van der Waals surface area contributed by atoms with Crippen LogP contribution < -0.4 is 10.0 Å². The first-order valence-electron chi connectivity index (χ1n) is 8.02. The van der Waals surface area contributed by atoms with Crippen LogP contribution in [0.15, 0.2) is 53.7 Å². The van der Waals surface area contributed by atoms with E-state index in [0.29, 0.717) is 17.8 Å². The first-order chi connectivity index (χ1) is 12.0. The third kappa shape index (κ3) is 3.97. The fourth-order valence-electron chi connectivity index (χ4n) is 2.72. The minimum atomic E-state index is -3.70. The summed E-state index contributed by atoms with van der Waals surface area (Å²) in [5.41, 5.74) is 0.918. The molecule has 0 radical (unpaired) electrons. The van der Waals surface area contributed by atoms with Crippen LogP contribution in [0.5, 0.6) is 0 Å². The number of nitrogens with zero attached hydrogens (tertiary/aromatic N) is 2. The molecule has 7 nitrogen and oxygen atoms in total. The second kappa shape index (κ2) is 7.20. The molecule has 1 aromatic heterocycles. The van der Waals surface area contributed by atoms with Crippen molar-refractivity contribution in [2.24, 2.45) is 0 Å². The number of rotatable bonds is 4. The number of carbonyl (C=O) groups excluding carboxylic acids is 1. The molecule has 132 valence electrons. The summed E-state index contributed by atoms with van der Waals surface area (Å²) in [5, 5.41) is 3.24. The second-order valence-electron chi connectivity index (χ2n) is 5.92. The van der Waals surface area contributed by atoms with E-state index >= 15 is 0 Å². The zero-order chi connectivity index (χ0) is 17.9. The van der Waals surface area contributed by atoms with Gasteiger partial charge in [0, 0.05) is 43.6 Å². The van der Waals surface area contributed by atoms with Gasteiger partial charge in [0.25, 0.3) is 15.9 Å². The predicted octanol–water partition coefficient (Wildman–Crippen LogP) is 1.32. The molecule has 1 aromatic carbocycles. The lowest BCUT2D eigenvalue weighted by Gasteiger charge is -2.34. The Labute approximate surface area is 147 Å². The number of pyridine rings is 1. The summed E-state index contributed by atoms with van der Waals surface area (Å²) >= 11 is 0. The molecule has 1 saturated heterocycles. The third-order valence-electron chi connectivity index (χ3n) is 4.11. The number of carbonyl (C=O) groups is 1. The van der Waals surface area contributed by atoms with Crippen molar-refractivity contribution in [3.05, 3.63) is 54.4 Å². The summed E-state index contributed by atoms with van der Waals surface area (Å²) in [6.07, 6.45) is 3.02. The number of benzene rings is 1. The normalized spacial score (nSPS) is 18.0. The number of sulfonamides is 1. The molecule has 2 heterocycles. The SMILES string of the molecule is C[C@@H]1CNCCN1C(=O)c1ccc(S(=O)(=O)Nc2ccncc2)cc1. The van der Waals surface area contributed by atoms with Crippen LogP contribution >= 0.6 is 0 Å². The van der Waals surface area contributed by atoms with Gasteiger partial charge in [0.15, 0.2) is 0 Å². The second-order valence-corrected chi connectivity index (χ2v) is 7.60. The maximum absolute atomic E-state index is 12.6. The number of nitrogens with one attached hydrogen (secondary N) is 2. The van der Waals surface area contributed by atoms with E-state index in [1.54, 1.807) is 29.2 Å². The molecule has 3 rings (SSSR count). The fraction of sp³-hybridized carbons (Fsp3) is 0.294. The van der Waals surface area contributed by atoms with Gasteiger partial charge in [-0.3, -0.25) is 14.5 Å². The molecule has 8 heteroatoms. The van der Waals surface area contributed by atoms with Crippen molar-refractivity contribution >= 4 is 21.6 Å². The Morgan fingerprint density at radius 3 is 2.52 bits per heavy atom. The van der Waals surface area contributed by atoms with Crippen LogP contribution in [0.1, 0.15) is 17.3 Å². The van der Waals surface area contributed by atoms with Gasteiger partial charge < -0.3 is 10.2 Å². The van der Waals surface area contributed by atoms with Crippen LogP contribution in [0.25, 0.3) is 0 Å². The molecule has 1 fully saturated rings. The molecular formula is C17H20N4O3S. The summed E-state index contributed by atoms with van der Waals surface area (Å²) in [7, 11) is -3.70. The first kappa shape index (κ1) is 17.4. The van der Waals surface area contributed by atoms with Crippen LogP contribution in [0.3, 0.4) is 0 Å². The van der Waals surface area contributed by atoms with Crippen molar-refractivity contribution < 1.29 is 13.2 Å². The summed E-state index contributed by atoms with van der Waals surface area (Å²) in [4.78, 5) is 18.3. The van der Waals surface area contributed by atoms with E-state index in [2.05, 4.69) is 15.0 Å². The van der Waals surface area contributed by atoms with Gasteiger partial charge in [0.2, 0.25) is 0 Å². The molecule has 0 saturated carbocycles. The highest BCUT2D eigenvalue weighted by Gasteiger charge is 2.24. The van der Waals surface area contributed by atoms with Gasteiger partial charge in [-0.2, -0.15) is 0 Å². The number of hydrogen-bond donors (Lipinski definition) is 2. The largest absolute Gasteiger partial charge is 0.333 e. The maximum Gasteiger partial charge on any atom is 0.261 e. The Kier molecular flexibility index (Phi) is 5.00. The Hall–Kier alpha value is -2.45. The third-order valence-corrected chi connectivity index (χ3v) is 5.50. The van der Waals surface area contributed by atoms with Gasteiger partial charge in [-0.1, -0.05) is 0 Å². The number of anilines is 1. The summed E-state index contributed by atoms with van der Waals surface area (Å²) in [5.74, 6) is -0.0833. The number of hydrogen-bond acceptors (Lipinski definition) is 5. The lowest BCUT2D eigenvalue weighted by Crippen LogP contribution is -2.52. The zero-order valence-electron chi connectivity index (χ0n) is 13.8. The van der Waals surface area contributed by atoms with E-state index in [0.717, 1.165) is 13.1 Å². The highest BCUT2D eigenvalue weighted by atomic mass is 32.2. The van der Waals surface area contributed by atoms with Crippen molar-refractivity contribution in [3.8, 4) is 0 Å². The molecule has 2 aromatic rings. The van der Waals surface area contributed by atoms with E-state index in [9.17, 15) is 13.2 Å². The molecule has 1 aliphatic rings. The minimum absolute atomic E-state index is 0.0833. The Morgan fingerprint density at radius 2 is 1.88 bits per heavy atom. The van der Waals surface area contributed by atoms with Crippen LogP contribution in [0.4, 0.5) is 5.69 Å². The fourth-order valence-corrected chi connectivity index (χ4v) is 3.78. The first-order valence-corrected chi connectivity index (χ1v) is 9.50. The van der Waals surface area contributed by atoms with E-state index in [4.69, 9.17) is 0 Å². The van der Waals surface area contributed by atoms with Crippen LogP contribution in [-0.2, 0) is 10.0 Å². The Balaban J connectivity index is 1.76. The van der Waals surface area contributed by atoms with Crippen molar-refractivity contribution in [1.29, 1.82) is 0 Å². The zero-order valence-corrected chi connectivity index (χ0v) is 14.7. The molecule has 1 aliphatic heterocycles. The maximum atomic E-state index is 12.6. The van der Waals surface area contributed by atoms with Crippen molar-refractivity contribution in [2.45, 2.75) is 17.9 Å². The number of amides is 1. The molecule has 1 atom stereocenters. The summed E-state index contributed by atoms with van der Waals surface area (Å²) in [6.45, 7) is 4.15. The van der Waals surface area contributed by atoms with E-state index < -0.39 is 10.0 Å². The van der Waals surface area contributed by atoms with E-state index in [1.807, 2.05) is 6.92 Å². The van der Waals surface area contributed by atoms with Gasteiger partial charge in [-0.25, -0.2) is 8.42 Å². The van der Waals surface area contributed by atoms with Gasteiger partial charge in [-0.05, 0) is 43.3 Å². The molecule has 0 aliphatic carbocycles. The molecule has 2 N–H and O–H groups in total. The predicted molar refractivity (Wildman–Crippen MR) is 94.9 cm³/mol. The average molecular weight is 360 g/mol. The quantitative estimate of drug-likeness (QED) is 0.858. The van der Waals surface area contributed by atoms with Crippen molar-refractivity contribution in [2.75, 3.05) is 24.4 Å². The summed E-state index contributed by atoms with van der Waals surface area (Å²) in [6, 6.07) is 9.25. The number of piperazine rings is 1. The Bertz CT molecular complexity index is 838. The number of aromatic nitrogens is 1. The van der Waals surface area contributed by atoms with E-state index in [1.165, 1.54) is 24.5 Å². The van der Waals surface area contributed by atoms with Crippen molar-refractivity contribution in [1.82, 2.24) is 15.2 Å². The summed E-state index contributed by atoms with van der Waals surface area (Å²) < 4.78 is 27.3. The Morgan fingerprint density at radius 1 is 1.20 bits per heavy atom. The molecule has 0 unspecified atom stereocenters. The standard InChI is InChI=1S/C17H20N4O3S/c1-13-12-19-10-11-21(13)17(22)14-2-4-16(5-3-14)25(23,24)20-15-6-8-18-9-7-15/h2-9,13,19H,10-12H2,1H3,(H,18,20)/t13-/m1/s1.